The Labute approximate surface area is 282 Å². The Morgan fingerprint density at radius 2 is 0.771 bits per heavy atom. The number of aryl methyl sites for hydroxylation is 2. The molecule has 7 aliphatic rings. The number of imide groups is 2. The molecule has 2 heterocycles. The van der Waals surface area contributed by atoms with Crippen molar-refractivity contribution in [2.75, 3.05) is 0 Å². The summed E-state index contributed by atoms with van der Waals surface area (Å²) < 4.78 is 0. The maximum atomic E-state index is 14.1. The summed E-state index contributed by atoms with van der Waals surface area (Å²) in [6, 6.07) is 15.9. The molecule has 4 amide bonds. The van der Waals surface area contributed by atoms with Gasteiger partial charge in [-0.25, -0.2) is 0 Å². The van der Waals surface area contributed by atoms with Gasteiger partial charge in [0.1, 0.15) is 5.78 Å². The zero-order valence-corrected chi connectivity index (χ0v) is 28.1. The van der Waals surface area contributed by atoms with E-state index in [0.717, 1.165) is 73.6 Å². The summed E-state index contributed by atoms with van der Waals surface area (Å²) in [7, 11) is 0. The van der Waals surface area contributed by atoms with Gasteiger partial charge in [0.05, 0.1) is 36.8 Å². The highest BCUT2D eigenvalue weighted by Crippen LogP contribution is 2.62. The molecule has 0 aromatic heterocycles. The van der Waals surface area contributed by atoms with Gasteiger partial charge in [0.15, 0.2) is 0 Å². The van der Waals surface area contributed by atoms with E-state index in [4.69, 9.17) is 0 Å². The Bertz CT molecular complexity index is 1610. The van der Waals surface area contributed by atoms with E-state index in [-0.39, 0.29) is 59.1 Å². The van der Waals surface area contributed by atoms with Gasteiger partial charge >= 0.3 is 0 Å². The molecule has 5 saturated carbocycles. The molecule has 2 aliphatic heterocycles. The van der Waals surface area contributed by atoms with Crippen molar-refractivity contribution in [1.29, 1.82) is 0 Å². The number of nitrogens with zero attached hydrogens (tertiary/aromatic N) is 2. The van der Waals surface area contributed by atoms with E-state index in [1.807, 2.05) is 62.4 Å². The standard InChI is InChI=1S/C41H46N2O5/c1-21-7-3-5-9-23(21)19-42-38(45)33-15-25-11-29-30-12-26-16-34-36(41(48)43(39(34)46)20-24-10-6-4-8-22(24)2)18-28(26)14-32(30)37(44)31(29)13-27(25)17-35(33)40(42)47/h3-10,25-36H,11-20H2,1-2H3. The van der Waals surface area contributed by atoms with Crippen LogP contribution in [0.4, 0.5) is 0 Å². The van der Waals surface area contributed by atoms with Gasteiger partial charge in [-0.05, 0) is 123 Å². The Kier molecular flexibility index (Phi) is 7.11. The second kappa shape index (κ2) is 11.2. The quantitative estimate of drug-likeness (QED) is 0.386. The highest BCUT2D eigenvalue weighted by atomic mass is 16.2. The first-order chi connectivity index (χ1) is 23.2. The van der Waals surface area contributed by atoms with Gasteiger partial charge in [0, 0.05) is 11.8 Å². The number of ketones is 1. The van der Waals surface area contributed by atoms with Gasteiger partial charge in [-0.3, -0.25) is 33.8 Å². The van der Waals surface area contributed by atoms with Crippen LogP contribution in [0.1, 0.15) is 73.6 Å². The molecule has 48 heavy (non-hydrogen) atoms. The summed E-state index contributed by atoms with van der Waals surface area (Å²) in [5.74, 6) is 1.63. The summed E-state index contributed by atoms with van der Waals surface area (Å²) in [6.45, 7) is 4.75. The molecule has 250 valence electrons. The number of Topliss-reactive ketones (excluding diaryl/α,β-unsaturated/α-hetero) is 1. The van der Waals surface area contributed by atoms with Crippen LogP contribution < -0.4 is 0 Å². The number of carbonyl (C=O) groups excluding carboxylic acids is 5. The number of amides is 4. The number of rotatable bonds is 4. The van der Waals surface area contributed by atoms with E-state index in [1.165, 1.54) is 9.80 Å². The van der Waals surface area contributed by atoms with Gasteiger partial charge < -0.3 is 0 Å². The van der Waals surface area contributed by atoms with Crippen molar-refractivity contribution in [2.45, 2.75) is 78.3 Å². The molecule has 0 spiro atoms. The van der Waals surface area contributed by atoms with Crippen LogP contribution in [0.5, 0.6) is 0 Å². The predicted molar refractivity (Wildman–Crippen MR) is 177 cm³/mol. The molecule has 9 rings (SSSR count). The summed E-state index contributed by atoms with van der Waals surface area (Å²) >= 11 is 0. The monoisotopic (exact) mass is 646 g/mol. The third-order valence-electron chi connectivity index (χ3n) is 14.6. The molecule has 2 aromatic carbocycles. The molecule has 5 aliphatic carbocycles. The van der Waals surface area contributed by atoms with Crippen molar-refractivity contribution in [2.24, 2.45) is 71.0 Å². The summed E-state index contributed by atoms with van der Waals surface area (Å²) in [5.41, 5.74) is 4.23. The average molecular weight is 647 g/mol. The molecule has 2 aromatic rings. The fourth-order valence-electron chi connectivity index (χ4n) is 12.1. The largest absolute Gasteiger partial charge is 0.299 e. The summed E-state index contributed by atoms with van der Waals surface area (Å²) in [4.78, 5) is 71.8. The van der Waals surface area contributed by atoms with Crippen LogP contribution in [0, 0.1) is 84.9 Å². The fraction of sp³-hybridized carbons (Fsp3) is 0.585. The maximum Gasteiger partial charge on any atom is 0.233 e. The van der Waals surface area contributed by atoms with Crippen LogP contribution in [-0.4, -0.2) is 39.2 Å². The molecule has 7 fully saturated rings. The van der Waals surface area contributed by atoms with Crippen molar-refractivity contribution < 1.29 is 24.0 Å². The fourth-order valence-corrected chi connectivity index (χ4v) is 12.1. The highest BCUT2D eigenvalue weighted by Gasteiger charge is 2.62. The molecule has 0 radical (unpaired) electrons. The van der Waals surface area contributed by atoms with Crippen LogP contribution in [0.15, 0.2) is 48.5 Å². The van der Waals surface area contributed by atoms with Crippen LogP contribution >= 0.6 is 0 Å². The molecule has 0 N–H and O–H groups in total. The topological polar surface area (TPSA) is 91.8 Å². The lowest BCUT2D eigenvalue weighted by Crippen LogP contribution is -2.42. The number of hydrogen-bond acceptors (Lipinski definition) is 5. The van der Waals surface area contributed by atoms with E-state index in [1.54, 1.807) is 0 Å². The van der Waals surface area contributed by atoms with Crippen molar-refractivity contribution in [3.8, 4) is 0 Å². The van der Waals surface area contributed by atoms with Gasteiger partial charge in [0.25, 0.3) is 0 Å². The maximum absolute atomic E-state index is 14.1. The lowest BCUT2D eigenvalue weighted by molar-refractivity contribution is -0.142. The molecule has 7 nitrogen and oxygen atoms in total. The van der Waals surface area contributed by atoms with Crippen molar-refractivity contribution in [3.63, 3.8) is 0 Å². The third kappa shape index (κ3) is 4.55. The lowest BCUT2D eigenvalue weighted by atomic mass is 9.56. The average Bonchev–Trinajstić information content (AvgIpc) is 3.58. The molecular weight excluding hydrogens is 600 g/mol. The Morgan fingerprint density at radius 3 is 1.12 bits per heavy atom. The van der Waals surface area contributed by atoms with Crippen LogP contribution in [0.3, 0.4) is 0 Å². The number of benzene rings is 2. The molecule has 7 heteroatoms. The first-order valence-electron chi connectivity index (χ1n) is 18.5. The normalized spacial score (nSPS) is 39.9. The first-order valence-corrected chi connectivity index (χ1v) is 18.5. The van der Waals surface area contributed by atoms with Gasteiger partial charge in [-0.1, -0.05) is 48.5 Å². The third-order valence-corrected chi connectivity index (χ3v) is 14.6. The minimum atomic E-state index is -0.249. The predicted octanol–water partition coefficient (Wildman–Crippen LogP) is 5.89. The first kappa shape index (κ1) is 30.4. The van der Waals surface area contributed by atoms with E-state index < -0.39 is 0 Å². The van der Waals surface area contributed by atoms with Crippen LogP contribution in [0.2, 0.25) is 0 Å². The number of hydrogen-bond donors (Lipinski definition) is 0. The number of carbonyl (C=O) groups is 5. The minimum Gasteiger partial charge on any atom is -0.299 e. The van der Waals surface area contributed by atoms with Crippen LogP contribution in [-0.2, 0) is 37.1 Å². The Balaban J connectivity index is 0.892. The van der Waals surface area contributed by atoms with E-state index in [0.29, 0.717) is 54.4 Å². The SMILES string of the molecule is Cc1ccccc1CN1C(=O)C2CC3CC4C(=O)C5CC6CC7C(=O)N(Cc8ccccc8C)C(=O)C7CC6CC5C4CC3CC2C1=O. The van der Waals surface area contributed by atoms with E-state index >= 15 is 0 Å². The van der Waals surface area contributed by atoms with Crippen molar-refractivity contribution in [3.05, 3.63) is 70.8 Å². The van der Waals surface area contributed by atoms with E-state index in [2.05, 4.69) is 0 Å². The van der Waals surface area contributed by atoms with Crippen molar-refractivity contribution in [1.82, 2.24) is 9.80 Å². The van der Waals surface area contributed by atoms with Gasteiger partial charge in [-0.2, -0.15) is 0 Å². The van der Waals surface area contributed by atoms with Gasteiger partial charge in [-0.15, -0.1) is 0 Å². The second-order valence-corrected chi connectivity index (χ2v) is 16.7. The Hall–Kier alpha value is -3.61. The summed E-state index contributed by atoms with van der Waals surface area (Å²) in [5, 5.41) is 0. The minimum absolute atomic E-state index is 0.00119. The molecule has 12 unspecified atom stereocenters. The second-order valence-electron chi connectivity index (χ2n) is 16.7. The van der Waals surface area contributed by atoms with Crippen molar-refractivity contribution >= 4 is 29.4 Å². The number of likely N-dealkylation sites (tertiary alicyclic amines) is 2. The summed E-state index contributed by atoms with van der Waals surface area (Å²) in [6.07, 6.45) is 6.67. The molecule has 0 bridgehead atoms. The zero-order chi connectivity index (χ0) is 33.0. The number of fused-ring (bicyclic) bond motifs is 7. The molecule has 2 saturated heterocycles. The van der Waals surface area contributed by atoms with Crippen LogP contribution in [0.25, 0.3) is 0 Å². The Morgan fingerprint density at radius 1 is 0.458 bits per heavy atom. The lowest BCUT2D eigenvalue weighted by Gasteiger charge is -2.47. The highest BCUT2D eigenvalue weighted by molar-refractivity contribution is 6.06. The van der Waals surface area contributed by atoms with E-state index in [9.17, 15) is 24.0 Å². The smallest absolute Gasteiger partial charge is 0.233 e. The zero-order valence-electron chi connectivity index (χ0n) is 28.1. The van der Waals surface area contributed by atoms with Gasteiger partial charge in [0.2, 0.25) is 23.6 Å². The molecule has 12 atom stereocenters. The molecular formula is C41H46N2O5.